The van der Waals surface area contributed by atoms with Crippen LogP contribution < -0.4 is 10.2 Å². The van der Waals surface area contributed by atoms with Crippen LogP contribution in [0.2, 0.25) is 0 Å². The fourth-order valence-electron chi connectivity index (χ4n) is 1.79. The Morgan fingerprint density at radius 1 is 1.35 bits per heavy atom. The van der Waals surface area contributed by atoms with E-state index in [1.807, 2.05) is 38.1 Å². The minimum Gasteiger partial charge on any atom is -0.387 e. The lowest BCUT2D eigenvalue weighted by Gasteiger charge is -2.11. The first kappa shape index (κ1) is 14.9. The smallest absolute Gasteiger partial charge is 0.185 e. The van der Waals surface area contributed by atoms with E-state index in [0.717, 1.165) is 22.9 Å². The monoisotopic (exact) mass is 292 g/mol. The highest BCUT2D eigenvalue weighted by Crippen LogP contribution is 2.24. The number of aliphatic hydroxyl groups is 1. The van der Waals surface area contributed by atoms with Crippen molar-refractivity contribution in [1.29, 1.82) is 0 Å². The number of nitrogens with zero attached hydrogens (tertiary/aromatic N) is 3. The average Bonchev–Trinajstić information content (AvgIpc) is 2.81. The number of hydrogen-bond acceptors (Lipinski definition) is 6. The maximum atomic E-state index is 10.1. The number of rotatable bonds is 6. The van der Waals surface area contributed by atoms with Gasteiger partial charge in [-0.15, -0.1) is 11.3 Å². The molecule has 0 spiro atoms. The number of hydrogen-bond donors (Lipinski definition) is 2. The molecule has 5 nitrogen and oxygen atoms in total. The Labute approximate surface area is 123 Å². The highest BCUT2D eigenvalue weighted by atomic mass is 32.1. The summed E-state index contributed by atoms with van der Waals surface area (Å²) in [7, 11) is 3.98. The molecule has 0 saturated carbocycles. The molecule has 0 amide bonds. The Bertz CT molecular complexity index is 541. The Morgan fingerprint density at radius 2 is 2.05 bits per heavy atom. The lowest BCUT2D eigenvalue weighted by molar-refractivity contribution is 0.174. The molecule has 1 unspecified atom stereocenters. The molecule has 2 N–H and O–H groups in total. The van der Waals surface area contributed by atoms with Crippen LogP contribution in [0.1, 0.15) is 22.2 Å². The Kier molecular flexibility index (Phi) is 5.05. The summed E-state index contributed by atoms with van der Waals surface area (Å²) in [5.41, 5.74) is 1.92. The lowest BCUT2D eigenvalue weighted by atomic mass is 10.1. The number of aryl methyl sites for hydroxylation is 1. The number of thiazole rings is 1. The molecule has 108 valence electrons. The second-order valence-electron chi connectivity index (χ2n) is 4.83. The normalized spacial score (nSPS) is 12.4. The summed E-state index contributed by atoms with van der Waals surface area (Å²) in [6, 6.07) is 3.66. The highest BCUT2D eigenvalue weighted by Gasteiger charge is 2.10. The maximum Gasteiger partial charge on any atom is 0.185 e. The first-order valence-electron chi connectivity index (χ1n) is 6.50. The van der Waals surface area contributed by atoms with Gasteiger partial charge in [-0.2, -0.15) is 0 Å². The van der Waals surface area contributed by atoms with Crippen molar-refractivity contribution in [1.82, 2.24) is 15.3 Å². The van der Waals surface area contributed by atoms with Crippen LogP contribution in [0.3, 0.4) is 0 Å². The SMILES string of the molecule is Cc1nc(N(C)C)sc1CNCC(O)c1ccncc1. The van der Waals surface area contributed by atoms with Crippen molar-refractivity contribution in [2.75, 3.05) is 25.5 Å². The van der Waals surface area contributed by atoms with Gasteiger partial charge in [-0.3, -0.25) is 4.98 Å². The molecule has 6 heteroatoms. The molecule has 2 rings (SSSR count). The van der Waals surface area contributed by atoms with Gasteiger partial charge >= 0.3 is 0 Å². The van der Waals surface area contributed by atoms with Gasteiger partial charge in [-0.1, -0.05) is 0 Å². The first-order valence-corrected chi connectivity index (χ1v) is 7.32. The molecule has 0 bridgehead atoms. The number of anilines is 1. The van der Waals surface area contributed by atoms with Crippen LogP contribution in [0.5, 0.6) is 0 Å². The van der Waals surface area contributed by atoms with Crippen molar-refractivity contribution in [3.63, 3.8) is 0 Å². The van der Waals surface area contributed by atoms with Crippen molar-refractivity contribution in [2.45, 2.75) is 19.6 Å². The summed E-state index contributed by atoms with van der Waals surface area (Å²) in [5, 5.41) is 14.3. The van der Waals surface area contributed by atoms with E-state index >= 15 is 0 Å². The predicted octanol–water partition coefficient (Wildman–Crippen LogP) is 1.74. The third-order valence-electron chi connectivity index (χ3n) is 2.98. The molecule has 0 aliphatic rings. The Balaban J connectivity index is 1.87. The van der Waals surface area contributed by atoms with Gasteiger partial charge in [0.15, 0.2) is 5.13 Å². The van der Waals surface area contributed by atoms with E-state index in [-0.39, 0.29) is 0 Å². The highest BCUT2D eigenvalue weighted by molar-refractivity contribution is 7.15. The summed E-state index contributed by atoms with van der Waals surface area (Å²) in [4.78, 5) is 11.7. The van der Waals surface area contributed by atoms with E-state index < -0.39 is 6.10 Å². The summed E-state index contributed by atoms with van der Waals surface area (Å²) < 4.78 is 0. The zero-order chi connectivity index (χ0) is 14.5. The van der Waals surface area contributed by atoms with Crippen LogP contribution in [-0.2, 0) is 6.54 Å². The van der Waals surface area contributed by atoms with Crippen molar-refractivity contribution < 1.29 is 5.11 Å². The quantitative estimate of drug-likeness (QED) is 0.849. The standard InChI is InChI=1S/C14H20N4OS/c1-10-13(20-14(17-10)18(2)3)9-16-8-12(19)11-4-6-15-7-5-11/h4-7,12,16,19H,8-9H2,1-3H3. The van der Waals surface area contributed by atoms with Gasteiger partial charge < -0.3 is 15.3 Å². The van der Waals surface area contributed by atoms with Crippen LogP contribution in [-0.4, -0.2) is 35.7 Å². The topological polar surface area (TPSA) is 61.3 Å². The molecule has 0 aliphatic heterocycles. The van der Waals surface area contributed by atoms with E-state index in [2.05, 4.69) is 15.3 Å². The number of aliphatic hydroxyl groups excluding tert-OH is 1. The fourth-order valence-corrected chi connectivity index (χ4v) is 2.75. The van der Waals surface area contributed by atoms with Gasteiger partial charge in [0, 0.05) is 44.5 Å². The van der Waals surface area contributed by atoms with Crippen molar-refractivity contribution in [2.24, 2.45) is 0 Å². The van der Waals surface area contributed by atoms with Crippen molar-refractivity contribution in [3.8, 4) is 0 Å². The number of nitrogens with one attached hydrogen (secondary N) is 1. The molecule has 20 heavy (non-hydrogen) atoms. The van der Waals surface area contributed by atoms with Crippen LogP contribution in [0.4, 0.5) is 5.13 Å². The molecule has 0 aromatic carbocycles. The summed E-state index contributed by atoms with van der Waals surface area (Å²) in [5.74, 6) is 0. The van der Waals surface area contributed by atoms with E-state index in [4.69, 9.17) is 0 Å². The lowest BCUT2D eigenvalue weighted by Crippen LogP contribution is -2.21. The fraction of sp³-hybridized carbons (Fsp3) is 0.429. The largest absolute Gasteiger partial charge is 0.387 e. The van der Waals surface area contributed by atoms with Crippen LogP contribution in [0.15, 0.2) is 24.5 Å². The van der Waals surface area contributed by atoms with E-state index in [9.17, 15) is 5.11 Å². The van der Waals surface area contributed by atoms with Crippen LogP contribution in [0.25, 0.3) is 0 Å². The summed E-state index contributed by atoms with van der Waals surface area (Å²) >= 11 is 1.68. The average molecular weight is 292 g/mol. The van der Waals surface area contributed by atoms with Crippen molar-refractivity contribution >= 4 is 16.5 Å². The number of aromatic nitrogens is 2. The molecule has 0 radical (unpaired) electrons. The Morgan fingerprint density at radius 3 is 2.65 bits per heavy atom. The molecule has 1 atom stereocenters. The summed E-state index contributed by atoms with van der Waals surface area (Å²) in [6.07, 6.45) is 2.87. The molecule has 0 aliphatic carbocycles. The third-order valence-corrected chi connectivity index (χ3v) is 4.30. The third kappa shape index (κ3) is 3.75. The zero-order valence-electron chi connectivity index (χ0n) is 12.0. The van der Waals surface area contributed by atoms with E-state index in [0.29, 0.717) is 6.54 Å². The van der Waals surface area contributed by atoms with Crippen LogP contribution >= 0.6 is 11.3 Å². The van der Waals surface area contributed by atoms with Crippen LogP contribution in [0, 0.1) is 6.92 Å². The molecular formula is C14H20N4OS. The summed E-state index contributed by atoms with van der Waals surface area (Å²) in [6.45, 7) is 3.25. The van der Waals surface area contributed by atoms with Gasteiger partial charge in [0.2, 0.25) is 0 Å². The number of pyridine rings is 1. The first-order chi connectivity index (χ1) is 9.58. The van der Waals surface area contributed by atoms with E-state index in [1.54, 1.807) is 23.7 Å². The van der Waals surface area contributed by atoms with E-state index in [1.165, 1.54) is 4.88 Å². The minimum atomic E-state index is -0.514. The predicted molar refractivity (Wildman–Crippen MR) is 82.1 cm³/mol. The van der Waals surface area contributed by atoms with Gasteiger partial charge in [-0.25, -0.2) is 4.98 Å². The minimum absolute atomic E-state index is 0.513. The maximum absolute atomic E-state index is 10.1. The Hall–Kier alpha value is -1.50. The van der Waals surface area contributed by atoms with Gasteiger partial charge in [0.25, 0.3) is 0 Å². The second-order valence-corrected chi connectivity index (χ2v) is 5.89. The zero-order valence-corrected chi connectivity index (χ0v) is 12.8. The van der Waals surface area contributed by atoms with Gasteiger partial charge in [0.1, 0.15) is 0 Å². The molecule has 0 saturated heterocycles. The molecule has 2 aromatic rings. The van der Waals surface area contributed by atoms with Gasteiger partial charge in [0.05, 0.1) is 11.8 Å². The molecule has 2 heterocycles. The van der Waals surface area contributed by atoms with Gasteiger partial charge in [-0.05, 0) is 24.6 Å². The molecule has 2 aromatic heterocycles. The van der Waals surface area contributed by atoms with Crippen molar-refractivity contribution in [3.05, 3.63) is 40.7 Å². The molecular weight excluding hydrogens is 272 g/mol. The molecule has 0 fully saturated rings. The second kappa shape index (κ2) is 6.78.